The van der Waals surface area contributed by atoms with E-state index in [-0.39, 0.29) is 11.5 Å². The molecule has 0 radical (unpaired) electrons. The van der Waals surface area contributed by atoms with Gasteiger partial charge in [0.2, 0.25) is 0 Å². The third-order valence-electron chi connectivity index (χ3n) is 3.04. The zero-order valence-corrected chi connectivity index (χ0v) is 11.3. The molecule has 0 fully saturated rings. The van der Waals surface area contributed by atoms with Crippen molar-refractivity contribution < 1.29 is 14.7 Å². The van der Waals surface area contributed by atoms with Crippen LogP contribution in [0, 0.1) is 13.8 Å². The van der Waals surface area contributed by atoms with E-state index in [0.717, 1.165) is 11.1 Å². The second-order valence-corrected chi connectivity index (χ2v) is 4.62. The molecule has 102 valence electrons. The minimum absolute atomic E-state index is 0.0898. The molecule has 0 aliphatic heterocycles. The van der Waals surface area contributed by atoms with E-state index in [1.807, 2.05) is 19.1 Å². The molecule has 2 aromatic rings. The maximum Gasteiger partial charge on any atom is 0.337 e. The lowest BCUT2D eigenvalue weighted by molar-refractivity contribution is 0.0698. The minimum Gasteiger partial charge on any atom is -0.478 e. The summed E-state index contributed by atoms with van der Waals surface area (Å²) in [5.74, 6) is -1.37. The van der Waals surface area contributed by atoms with Crippen LogP contribution in [0.5, 0.6) is 0 Å². The number of carbonyl (C=O) groups is 2. The minimum atomic E-state index is -1.06. The summed E-state index contributed by atoms with van der Waals surface area (Å²) in [5, 5.41) is 11.8. The van der Waals surface area contributed by atoms with Crippen molar-refractivity contribution in [2.24, 2.45) is 0 Å². The van der Waals surface area contributed by atoms with Crippen molar-refractivity contribution in [1.29, 1.82) is 0 Å². The first kappa shape index (κ1) is 13.8. The molecule has 1 amide bonds. The van der Waals surface area contributed by atoms with E-state index in [0.29, 0.717) is 11.3 Å². The van der Waals surface area contributed by atoms with Crippen molar-refractivity contribution >= 4 is 17.6 Å². The van der Waals surface area contributed by atoms with Gasteiger partial charge in [-0.1, -0.05) is 29.8 Å². The summed E-state index contributed by atoms with van der Waals surface area (Å²) in [7, 11) is 0. The highest BCUT2D eigenvalue weighted by Crippen LogP contribution is 2.19. The number of aromatic carboxylic acids is 1. The maximum atomic E-state index is 12.2. The summed E-state index contributed by atoms with van der Waals surface area (Å²) < 4.78 is 0. The van der Waals surface area contributed by atoms with Gasteiger partial charge in [0, 0.05) is 5.56 Å². The first-order chi connectivity index (χ1) is 9.49. The number of amides is 1. The Morgan fingerprint density at radius 1 is 1.00 bits per heavy atom. The predicted molar refractivity (Wildman–Crippen MR) is 77.3 cm³/mol. The van der Waals surface area contributed by atoms with Crippen molar-refractivity contribution in [2.45, 2.75) is 13.8 Å². The summed E-state index contributed by atoms with van der Waals surface area (Å²) in [6.07, 6.45) is 0. The fraction of sp³-hybridized carbons (Fsp3) is 0.125. The fourth-order valence-corrected chi connectivity index (χ4v) is 1.96. The lowest BCUT2D eigenvalue weighted by Crippen LogP contribution is -2.16. The van der Waals surface area contributed by atoms with Gasteiger partial charge >= 0.3 is 5.97 Å². The molecule has 0 aromatic heterocycles. The molecule has 0 atom stereocenters. The van der Waals surface area contributed by atoms with Gasteiger partial charge in [-0.25, -0.2) is 4.79 Å². The number of benzene rings is 2. The van der Waals surface area contributed by atoms with Crippen LogP contribution in [0.25, 0.3) is 0 Å². The largest absolute Gasteiger partial charge is 0.478 e. The summed E-state index contributed by atoms with van der Waals surface area (Å²) in [6, 6.07) is 12.1. The number of rotatable bonds is 3. The van der Waals surface area contributed by atoms with E-state index in [1.54, 1.807) is 31.2 Å². The van der Waals surface area contributed by atoms with Gasteiger partial charge in [0.1, 0.15) is 0 Å². The van der Waals surface area contributed by atoms with E-state index in [4.69, 9.17) is 0 Å². The number of carboxylic acid groups (broad SMARTS) is 1. The van der Waals surface area contributed by atoms with Crippen LogP contribution >= 0.6 is 0 Å². The number of hydrogen-bond donors (Lipinski definition) is 2. The molecule has 0 aliphatic carbocycles. The Balaban J connectivity index is 2.33. The molecule has 0 unspecified atom stereocenters. The molecule has 2 N–H and O–H groups in total. The number of anilines is 1. The standard InChI is InChI=1S/C16H15NO3/c1-10-7-8-14(13(9-10)16(19)20)17-15(18)12-6-4-3-5-11(12)2/h3-9H,1-2H3,(H,17,18)(H,19,20). The normalized spacial score (nSPS) is 10.1. The highest BCUT2D eigenvalue weighted by molar-refractivity contribution is 6.08. The number of carboxylic acids is 1. The Labute approximate surface area is 117 Å². The molecule has 0 aliphatic rings. The Morgan fingerprint density at radius 3 is 2.35 bits per heavy atom. The lowest BCUT2D eigenvalue weighted by Gasteiger charge is -2.10. The summed E-state index contributed by atoms with van der Waals surface area (Å²) in [6.45, 7) is 3.64. The molecule has 2 rings (SSSR count). The first-order valence-electron chi connectivity index (χ1n) is 6.20. The maximum absolute atomic E-state index is 12.2. The van der Waals surface area contributed by atoms with Crippen molar-refractivity contribution in [3.05, 3.63) is 64.7 Å². The Hall–Kier alpha value is -2.62. The van der Waals surface area contributed by atoms with Gasteiger partial charge in [-0.3, -0.25) is 4.79 Å². The van der Waals surface area contributed by atoms with Crippen LogP contribution in [0.3, 0.4) is 0 Å². The molecule has 0 bridgehead atoms. The Bertz CT molecular complexity index is 677. The number of nitrogens with one attached hydrogen (secondary N) is 1. The van der Waals surface area contributed by atoms with Crippen molar-refractivity contribution in [3.63, 3.8) is 0 Å². The summed E-state index contributed by atoms with van der Waals surface area (Å²) in [5.41, 5.74) is 2.60. The molecule has 4 heteroatoms. The molecule has 4 nitrogen and oxygen atoms in total. The van der Waals surface area contributed by atoms with Crippen LogP contribution in [-0.2, 0) is 0 Å². The van der Waals surface area contributed by atoms with Crippen LogP contribution in [0.2, 0.25) is 0 Å². The molecule has 0 spiro atoms. The molecule has 2 aromatic carbocycles. The average Bonchev–Trinajstić information content (AvgIpc) is 2.41. The molecule has 0 saturated heterocycles. The Kier molecular flexibility index (Phi) is 3.84. The van der Waals surface area contributed by atoms with Gasteiger partial charge in [0.05, 0.1) is 11.3 Å². The van der Waals surface area contributed by atoms with E-state index in [9.17, 15) is 14.7 Å². The van der Waals surface area contributed by atoms with Crippen molar-refractivity contribution in [3.8, 4) is 0 Å². The smallest absolute Gasteiger partial charge is 0.337 e. The summed E-state index contributed by atoms with van der Waals surface area (Å²) >= 11 is 0. The van der Waals surface area contributed by atoms with Crippen LogP contribution in [0.1, 0.15) is 31.8 Å². The topological polar surface area (TPSA) is 66.4 Å². The van der Waals surface area contributed by atoms with Crippen LogP contribution in [-0.4, -0.2) is 17.0 Å². The highest BCUT2D eigenvalue weighted by atomic mass is 16.4. The number of aryl methyl sites for hydroxylation is 2. The zero-order valence-electron chi connectivity index (χ0n) is 11.3. The van der Waals surface area contributed by atoms with Crippen LogP contribution in [0.4, 0.5) is 5.69 Å². The Morgan fingerprint density at radius 2 is 1.70 bits per heavy atom. The fourth-order valence-electron chi connectivity index (χ4n) is 1.96. The van der Waals surface area contributed by atoms with Gasteiger partial charge in [-0.2, -0.15) is 0 Å². The average molecular weight is 269 g/mol. The second-order valence-electron chi connectivity index (χ2n) is 4.62. The van der Waals surface area contributed by atoms with Gasteiger partial charge in [0.15, 0.2) is 0 Å². The molecule has 0 saturated carbocycles. The molecular formula is C16H15NO3. The first-order valence-corrected chi connectivity index (χ1v) is 6.20. The highest BCUT2D eigenvalue weighted by Gasteiger charge is 2.14. The summed E-state index contributed by atoms with van der Waals surface area (Å²) in [4.78, 5) is 23.4. The van der Waals surface area contributed by atoms with E-state index < -0.39 is 5.97 Å². The van der Waals surface area contributed by atoms with Gasteiger partial charge in [0.25, 0.3) is 5.91 Å². The number of carbonyl (C=O) groups excluding carboxylic acids is 1. The number of hydrogen-bond acceptors (Lipinski definition) is 2. The van der Waals surface area contributed by atoms with Gasteiger partial charge < -0.3 is 10.4 Å². The molecular weight excluding hydrogens is 254 g/mol. The third kappa shape index (κ3) is 2.85. The van der Waals surface area contributed by atoms with Gasteiger partial charge in [-0.05, 0) is 37.6 Å². The van der Waals surface area contributed by atoms with Gasteiger partial charge in [-0.15, -0.1) is 0 Å². The van der Waals surface area contributed by atoms with Crippen LogP contribution in [0.15, 0.2) is 42.5 Å². The lowest BCUT2D eigenvalue weighted by atomic mass is 10.1. The predicted octanol–water partition coefficient (Wildman–Crippen LogP) is 3.25. The van der Waals surface area contributed by atoms with Crippen LogP contribution < -0.4 is 5.32 Å². The van der Waals surface area contributed by atoms with E-state index in [2.05, 4.69) is 5.32 Å². The van der Waals surface area contributed by atoms with Crippen molar-refractivity contribution in [1.82, 2.24) is 0 Å². The monoisotopic (exact) mass is 269 g/mol. The zero-order chi connectivity index (χ0) is 14.7. The quantitative estimate of drug-likeness (QED) is 0.898. The van der Waals surface area contributed by atoms with E-state index >= 15 is 0 Å². The third-order valence-corrected chi connectivity index (χ3v) is 3.04. The second kappa shape index (κ2) is 5.57. The van der Waals surface area contributed by atoms with E-state index in [1.165, 1.54) is 6.07 Å². The van der Waals surface area contributed by atoms with Crippen molar-refractivity contribution in [2.75, 3.05) is 5.32 Å². The molecule has 20 heavy (non-hydrogen) atoms. The molecule has 0 heterocycles. The SMILES string of the molecule is Cc1ccc(NC(=O)c2ccccc2C)c(C(=O)O)c1.